The molecule has 4 rings (SSSR count). The van der Waals surface area contributed by atoms with Gasteiger partial charge in [-0.2, -0.15) is 4.98 Å². The van der Waals surface area contributed by atoms with Crippen LogP contribution in [-0.2, 0) is 6.54 Å². The molecule has 0 radical (unpaired) electrons. The number of furan rings is 1. The van der Waals surface area contributed by atoms with Gasteiger partial charge in [-0.15, -0.1) is 0 Å². The van der Waals surface area contributed by atoms with Gasteiger partial charge in [-0.25, -0.2) is 0 Å². The molecule has 0 aliphatic carbocycles. The van der Waals surface area contributed by atoms with Gasteiger partial charge in [0.2, 0.25) is 11.7 Å². The Kier molecular flexibility index (Phi) is 3.17. The molecule has 0 spiro atoms. The maximum atomic E-state index is 5.75. The van der Waals surface area contributed by atoms with Crippen molar-refractivity contribution in [1.82, 2.24) is 20.4 Å². The van der Waals surface area contributed by atoms with Gasteiger partial charge in [0.15, 0.2) is 5.76 Å². The predicted molar refractivity (Wildman–Crippen MR) is 77.7 cm³/mol. The summed E-state index contributed by atoms with van der Waals surface area (Å²) in [6.07, 6.45) is 0. The van der Waals surface area contributed by atoms with E-state index in [1.807, 2.05) is 30.3 Å². The summed E-state index contributed by atoms with van der Waals surface area (Å²) in [5.74, 6) is 1.79. The first-order valence-corrected chi connectivity index (χ1v) is 7.13. The highest BCUT2D eigenvalue weighted by Gasteiger charge is 2.17. The van der Waals surface area contributed by atoms with Gasteiger partial charge in [0.25, 0.3) is 0 Å². The summed E-state index contributed by atoms with van der Waals surface area (Å²) < 4.78 is 11.1. The Hall–Kier alpha value is -2.18. The van der Waals surface area contributed by atoms with Gasteiger partial charge in [-0.1, -0.05) is 23.4 Å². The van der Waals surface area contributed by atoms with Crippen LogP contribution in [0.2, 0.25) is 0 Å². The quantitative estimate of drug-likeness (QED) is 0.792. The highest BCUT2D eigenvalue weighted by Crippen LogP contribution is 2.25. The van der Waals surface area contributed by atoms with Crippen molar-refractivity contribution in [2.45, 2.75) is 6.54 Å². The van der Waals surface area contributed by atoms with Crippen molar-refractivity contribution in [3.8, 4) is 11.6 Å². The molecule has 1 aromatic carbocycles. The van der Waals surface area contributed by atoms with Gasteiger partial charge in [-0.05, 0) is 12.1 Å². The van der Waals surface area contributed by atoms with E-state index in [-0.39, 0.29) is 0 Å². The van der Waals surface area contributed by atoms with E-state index in [1.54, 1.807) is 0 Å². The van der Waals surface area contributed by atoms with Gasteiger partial charge >= 0.3 is 0 Å². The summed E-state index contributed by atoms with van der Waals surface area (Å²) in [6.45, 7) is 4.70. The van der Waals surface area contributed by atoms with Crippen LogP contribution in [0.15, 0.2) is 39.3 Å². The largest absolute Gasteiger partial charge is 0.453 e. The van der Waals surface area contributed by atoms with Gasteiger partial charge in [0.05, 0.1) is 6.54 Å². The lowest BCUT2D eigenvalue weighted by Crippen LogP contribution is -2.42. The molecule has 3 aromatic rings. The average molecular weight is 284 g/mol. The summed E-state index contributed by atoms with van der Waals surface area (Å²) in [4.78, 5) is 6.73. The van der Waals surface area contributed by atoms with E-state index >= 15 is 0 Å². The Balaban J connectivity index is 1.55. The van der Waals surface area contributed by atoms with E-state index in [0.717, 1.165) is 37.1 Å². The topological polar surface area (TPSA) is 67.3 Å². The molecule has 21 heavy (non-hydrogen) atoms. The van der Waals surface area contributed by atoms with E-state index in [4.69, 9.17) is 8.94 Å². The standard InChI is InChI=1S/C15H16N4O2/c1-2-4-12-11(3-1)9-13(20-12)15-17-14(21-18-15)10-19-7-5-16-6-8-19/h1-4,9,16H,5-8,10H2. The molecule has 0 unspecified atom stereocenters. The maximum Gasteiger partial charge on any atom is 0.241 e. The van der Waals surface area contributed by atoms with Crippen LogP contribution in [0.1, 0.15) is 5.89 Å². The number of hydrogen-bond donors (Lipinski definition) is 1. The van der Waals surface area contributed by atoms with Crippen LogP contribution < -0.4 is 5.32 Å². The number of aromatic nitrogens is 2. The monoisotopic (exact) mass is 284 g/mol. The fraction of sp³-hybridized carbons (Fsp3) is 0.333. The third-order valence-electron chi connectivity index (χ3n) is 3.68. The minimum atomic E-state index is 0.510. The number of hydrogen-bond acceptors (Lipinski definition) is 6. The molecule has 1 N–H and O–H groups in total. The molecular weight excluding hydrogens is 268 g/mol. The SMILES string of the molecule is c1ccc2oc(-c3noc(CN4CCNCC4)n3)cc2c1. The molecule has 3 heterocycles. The van der Waals surface area contributed by atoms with E-state index in [1.165, 1.54) is 0 Å². The second-order valence-corrected chi connectivity index (χ2v) is 5.19. The van der Waals surface area contributed by atoms with Crippen LogP contribution in [0.5, 0.6) is 0 Å². The zero-order valence-corrected chi connectivity index (χ0v) is 11.6. The number of rotatable bonds is 3. The Morgan fingerprint density at radius 2 is 2.05 bits per heavy atom. The van der Waals surface area contributed by atoms with Crippen LogP contribution in [0, 0.1) is 0 Å². The highest BCUT2D eigenvalue weighted by molar-refractivity contribution is 5.81. The molecule has 0 amide bonds. The fourth-order valence-corrected chi connectivity index (χ4v) is 2.57. The molecule has 1 fully saturated rings. The number of para-hydroxylation sites is 1. The zero-order chi connectivity index (χ0) is 14.1. The van der Waals surface area contributed by atoms with Gasteiger partial charge < -0.3 is 14.3 Å². The summed E-state index contributed by atoms with van der Waals surface area (Å²) in [5.41, 5.74) is 0.834. The number of piperazine rings is 1. The van der Waals surface area contributed by atoms with E-state index in [9.17, 15) is 0 Å². The van der Waals surface area contributed by atoms with Crippen LogP contribution in [0.25, 0.3) is 22.6 Å². The predicted octanol–water partition coefficient (Wildman–Crippen LogP) is 1.89. The second-order valence-electron chi connectivity index (χ2n) is 5.19. The minimum absolute atomic E-state index is 0.510. The van der Waals surface area contributed by atoms with E-state index in [2.05, 4.69) is 20.4 Å². The number of nitrogens with one attached hydrogen (secondary N) is 1. The van der Waals surface area contributed by atoms with Crippen molar-refractivity contribution >= 4 is 11.0 Å². The third kappa shape index (κ3) is 2.55. The molecule has 2 aromatic heterocycles. The van der Waals surface area contributed by atoms with Crippen LogP contribution in [-0.4, -0.2) is 41.2 Å². The zero-order valence-electron chi connectivity index (χ0n) is 11.6. The first-order chi connectivity index (χ1) is 10.4. The molecule has 6 nitrogen and oxygen atoms in total. The maximum absolute atomic E-state index is 5.75. The van der Waals surface area contributed by atoms with E-state index in [0.29, 0.717) is 24.0 Å². The summed E-state index contributed by atoms with van der Waals surface area (Å²) in [5, 5.41) is 8.39. The molecule has 108 valence electrons. The summed E-state index contributed by atoms with van der Waals surface area (Å²) in [7, 11) is 0. The average Bonchev–Trinajstić information content (AvgIpc) is 3.14. The van der Waals surface area contributed by atoms with Gasteiger partial charge in [-0.3, -0.25) is 4.90 Å². The fourth-order valence-electron chi connectivity index (χ4n) is 2.57. The lowest BCUT2D eigenvalue weighted by Gasteiger charge is -2.25. The first-order valence-electron chi connectivity index (χ1n) is 7.13. The number of nitrogens with zero attached hydrogens (tertiary/aromatic N) is 3. The first kappa shape index (κ1) is 12.6. The second kappa shape index (κ2) is 5.31. The lowest BCUT2D eigenvalue weighted by molar-refractivity contribution is 0.203. The number of fused-ring (bicyclic) bond motifs is 1. The van der Waals surface area contributed by atoms with E-state index < -0.39 is 0 Å². The highest BCUT2D eigenvalue weighted by atomic mass is 16.5. The smallest absolute Gasteiger partial charge is 0.241 e. The Morgan fingerprint density at radius 1 is 1.19 bits per heavy atom. The van der Waals surface area contributed by atoms with Crippen LogP contribution >= 0.6 is 0 Å². The summed E-state index contributed by atoms with van der Waals surface area (Å²) >= 11 is 0. The lowest BCUT2D eigenvalue weighted by atomic mass is 10.2. The molecule has 1 aliphatic rings. The molecule has 1 saturated heterocycles. The van der Waals surface area contributed by atoms with Gasteiger partial charge in [0, 0.05) is 31.6 Å². The molecule has 0 atom stereocenters. The third-order valence-corrected chi connectivity index (χ3v) is 3.68. The molecule has 0 bridgehead atoms. The van der Waals surface area contributed by atoms with Crippen molar-refractivity contribution in [3.05, 3.63) is 36.2 Å². The minimum Gasteiger partial charge on any atom is -0.453 e. The Bertz CT molecular complexity index is 710. The Labute approximate surface area is 121 Å². The van der Waals surface area contributed by atoms with Crippen molar-refractivity contribution < 1.29 is 8.94 Å². The van der Waals surface area contributed by atoms with Crippen LogP contribution in [0.4, 0.5) is 0 Å². The normalized spacial score (nSPS) is 16.6. The van der Waals surface area contributed by atoms with Crippen LogP contribution in [0.3, 0.4) is 0 Å². The number of benzene rings is 1. The Morgan fingerprint density at radius 3 is 2.90 bits per heavy atom. The molecule has 1 aliphatic heterocycles. The summed E-state index contributed by atoms with van der Waals surface area (Å²) in [6, 6.07) is 9.80. The molecule has 6 heteroatoms. The van der Waals surface area contributed by atoms with Crippen molar-refractivity contribution in [3.63, 3.8) is 0 Å². The molecule has 0 saturated carbocycles. The van der Waals surface area contributed by atoms with Crippen molar-refractivity contribution in [2.24, 2.45) is 0 Å². The van der Waals surface area contributed by atoms with Crippen molar-refractivity contribution in [2.75, 3.05) is 26.2 Å². The molecular formula is C15H16N4O2. The van der Waals surface area contributed by atoms with Crippen molar-refractivity contribution in [1.29, 1.82) is 0 Å². The van der Waals surface area contributed by atoms with Gasteiger partial charge in [0.1, 0.15) is 5.58 Å².